The number of nitrogens with one attached hydrogen (secondary N) is 1. The van der Waals surface area contributed by atoms with Crippen LogP contribution in [0.3, 0.4) is 0 Å². The van der Waals surface area contributed by atoms with E-state index >= 15 is 0 Å². The van der Waals surface area contributed by atoms with Gasteiger partial charge in [-0.1, -0.05) is 72.8 Å². The number of fused-ring (bicyclic) bond motifs is 1. The monoisotopic (exact) mass is 424 g/mol. The lowest BCUT2D eigenvalue weighted by Crippen LogP contribution is -2.34. The third-order valence-corrected chi connectivity index (χ3v) is 6.34. The molecule has 0 spiro atoms. The lowest BCUT2D eigenvalue weighted by atomic mass is 10.1. The Kier molecular flexibility index (Phi) is 5.10. The maximum Gasteiger partial charge on any atom is 0.278 e. The van der Waals surface area contributed by atoms with Crippen LogP contribution in [0.2, 0.25) is 0 Å². The Morgan fingerprint density at radius 3 is 2.35 bits per heavy atom. The highest BCUT2D eigenvalue weighted by atomic mass is 32.1. The van der Waals surface area contributed by atoms with Crippen molar-refractivity contribution in [2.24, 2.45) is 0 Å². The molecule has 0 radical (unpaired) electrons. The molecule has 5 heteroatoms. The number of carbonyl (C=O) groups is 2. The van der Waals surface area contributed by atoms with Crippen molar-refractivity contribution in [2.45, 2.75) is 6.42 Å². The summed E-state index contributed by atoms with van der Waals surface area (Å²) in [6, 6.07) is 27.6. The summed E-state index contributed by atoms with van der Waals surface area (Å²) < 4.78 is 0. The van der Waals surface area contributed by atoms with Crippen molar-refractivity contribution < 1.29 is 9.59 Å². The van der Waals surface area contributed by atoms with Crippen LogP contribution < -0.4 is 5.32 Å². The summed E-state index contributed by atoms with van der Waals surface area (Å²) in [5.74, 6) is -0.525. The van der Waals surface area contributed by atoms with Crippen molar-refractivity contribution in [3.63, 3.8) is 0 Å². The molecule has 0 unspecified atom stereocenters. The van der Waals surface area contributed by atoms with E-state index in [-0.39, 0.29) is 11.8 Å². The number of thiophene rings is 1. The SMILES string of the molecule is O=C1C(Nc2cccc3ccccc23)=C(c2cccs2)C(=O)N1CCc1ccccc1. The molecule has 0 saturated carbocycles. The molecule has 31 heavy (non-hydrogen) atoms. The number of hydrogen-bond donors (Lipinski definition) is 1. The molecule has 152 valence electrons. The molecule has 4 nitrogen and oxygen atoms in total. The highest BCUT2D eigenvalue weighted by molar-refractivity contribution is 7.11. The maximum atomic E-state index is 13.4. The highest BCUT2D eigenvalue weighted by Crippen LogP contribution is 2.34. The Labute approximate surface area is 184 Å². The first-order valence-electron chi connectivity index (χ1n) is 10.2. The van der Waals surface area contributed by atoms with Gasteiger partial charge in [-0.25, -0.2) is 0 Å². The Morgan fingerprint density at radius 1 is 0.774 bits per heavy atom. The van der Waals surface area contributed by atoms with Crippen LogP contribution in [0.25, 0.3) is 16.3 Å². The van der Waals surface area contributed by atoms with Crippen molar-refractivity contribution >= 4 is 45.2 Å². The average molecular weight is 425 g/mol. The van der Waals surface area contributed by atoms with Crippen molar-refractivity contribution in [3.8, 4) is 0 Å². The lowest BCUT2D eigenvalue weighted by Gasteiger charge is -2.15. The zero-order chi connectivity index (χ0) is 21.2. The summed E-state index contributed by atoms with van der Waals surface area (Å²) in [5.41, 5.74) is 2.70. The summed E-state index contributed by atoms with van der Waals surface area (Å²) >= 11 is 1.46. The topological polar surface area (TPSA) is 49.4 Å². The summed E-state index contributed by atoms with van der Waals surface area (Å²) in [7, 11) is 0. The Morgan fingerprint density at radius 2 is 1.55 bits per heavy atom. The first-order valence-corrected chi connectivity index (χ1v) is 11.0. The molecule has 2 amide bonds. The highest BCUT2D eigenvalue weighted by Gasteiger charge is 2.39. The second-order valence-electron chi connectivity index (χ2n) is 7.38. The summed E-state index contributed by atoms with van der Waals surface area (Å²) in [6.07, 6.45) is 0.623. The maximum absolute atomic E-state index is 13.4. The second-order valence-corrected chi connectivity index (χ2v) is 8.32. The molecule has 0 atom stereocenters. The number of hydrogen-bond acceptors (Lipinski definition) is 4. The smallest absolute Gasteiger partial charge is 0.278 e. The van der Waals surface area contributed by atoms with Gasteiger partial charge in [-0.15, -0.1) is 11.3 Å². The van der Waals surface area contributed by atoms with Crippen LogP contribution in [0.1, 0.15) is 10.4 Å². The van der Waals surface area contributed by atoms with Crippen LogP contribution >= 0.6 is 11.3 Å². The van der Waals surface area contributed by atoms with Gasteiger partial charge < -0.3 is 5.32 Å². The fourth-order valence-electron chi connectivity index (χ4n) is 3.90. The first-order chi connectivity index (χ1) is 15.2. The minimum absolute atomic E-state index is 0.244. The molecule has 1 N–H and O–H groups in total. The minimum atomic E-state index is -0.280. The molecule has 3 aromatic carbocycles. The first kappa shape index (κ1) is 19.3. The number of imide groups is 1. The third-order valence-electron chi connectivity index (χ3n) is 5.45. The van der Waals surface area contributed by atoms with Crippen molar-refractivity contribution in [1.29, 1.82) is 0 Å². The molecule has 0 aliphatic carbocycles. The molecule has 5 rings (SSSR count). The normalized spacial score (nSPS) is 14.0. The van der Waals surface area contributed by atoms with E-state index in [0.29, 0.717) is 24.2 Å². The molecule has 0 fully saturated rings. The summed E-state index contributed by atoms with van der Waals surface area (Å²) in [4.78, 5) is 28.8. The van der Waals surface area contributed by atoms with Crippen LogP contribution in [0, 0.1) is 0 Å². The standard InChI is InChI=1S/C26H20N2O2S/c29-25-23(22-14-7-17-31-22)24(26(30)28(25)16-15-18-8-2-1-3-9-18)27-21-13-6-11-19-10-4-5-12-20(19)21/h1-14,17,27H,15-16H2. The van der Waals surface area contributed by atoms with Crippen molar-refractivity contribution in [1.82, 2.24) is 4.90 Å². The number of nitrogens with zero attached hydrogens (tertiary/aromatic N) is 1. The molecule has 1 aliphatic rings. The van der Waals surface area contributed by atoms with E-state index < -0.39 is 0 Å². The van der Waals surface area contributed by atoms with Gasteiger partial charge >= 0.3 is 0 Å². The van der Waals surface area contributed by atoms with Gasteiger partial charge in [0.25, 0.3) is 11.8 Å². The van der Waals surface area contributed by atoms with E-state index in [1.807, 2.05) is 90.3 Å². The molecular formula is C26H20N2O2S. The Balaban J connectivity index is 1.51. The van der Waals surface area contributed by atoms with Crippen LogP contribution in [0.15, 0.2) is 96.0 Å². The fraction of sp³-hybridized carbons (Fsp3) is 0.0769. The fourth-order valence-corrected chi connectivity index (χ4v) is 4.67. The van der Waals surface area contributed by atoms with Gasteiger partial charge in [-0.05, 0) is 34.9 Å². The minimum Gasteiger partial charge on any atom is -0.350 e. The average Bonchev–Trinajstić information content (AvgIpc) is 3.41. The molecule has 1 aromatic heterocycles. The predicted molar refractivity (Wildman–Crippen MR) is 126 cm³/mol. The van der Waals surface area contributed by atoms with Gasteiger partial charge in [0.05, 0.1) is 5.57 Å². The second kappa shape index (κ2) is 8.20. The van der Waals surface area contributed by atoms with Gasteiger partial charge in [0.1, 0.15) is 5.70 Å². The molecule has 1 aliphatic heterocycles. The quantitative estimate of drug-likeness (QED) is 0.425. The van der Waals surface area contributed by atoms with E-state index in [4.69, 9.17) is 0 Å². The zero-order valence-corrected chi connectivity index (χ0v) is 17.6. The Hall–Kier alpha value is -3.70. The van der Waals surface area contributed by atoms with Crippen LogP contribution in [0.5, 0.6) is 0 Å². The van der Waals surface area contributed by atoms with Crippen LogP contribution in [0.4, 0.5) is 5.69 Å². The van der Waals surface area contributed by atoms with E-state index in [0.717, 1.165) is 26.9 Å². The molecular weight excluding hydrogens is 404 g/mol. The molecule has 0 saturated heterocycles. The predicted octanol–water partition coefficient (Wildman–Crippen LogP) is 5.34. The van der Waals surface area contributed by atoms with Gasteiger partial charge in [0.2, 0.25) is 0 Å². The van der Waals surface area contributed by atoms with Crippen molar-refractivity contribution in [3.05, 3.63) is 106 Å². The zero-order valence-electron chi connectivity index (χ0n) is 16.7. The van der Waals surface area contributed by atoms with Gasteiger partial charge in [-0.2, -0.15) is 0 Å². The number of amides is 2. The van der Waals surface area contributed by atoms with E-state index in [1.54, 1.807) is 0 Å². The van der Waals surface area contributed by atoms with E-state index in [9.17, 15) is 9.59 Å². The van der Waals surface area contributed by atoms with E-state index in [1.165, 1.54) is 16.2 Å². The molecule has 0 bridgehead atoms. The number of carbonyl (C=O) groups excluding carboxylic acids is 2. The largest absolute Gasteiger partial charge is 0.350 e. The number of rotatable bonds is 6. The number of anilines is 1. The van der Waals surface area contributed by atoms with Gasteiger partial charge in [-0.3, -0.25) is 14.5 Å². The van der Waals surface area contributed by atoms with E-state index in [2.05, 4.69) is 5.32 Å². The van der Waals surface area contributed by atoms with Gasteiger partial charge in [0, 0.05) is 22.5 Å². The van der Waals surface area contributed by atoms with Crippen molar-refractivity contribution in [2.75, 3.05) is 11.9 Å². The van der Waals surface area contributed by atoms with Crippen LogP contribution in [-0.4, -0.2) is 23.3 Å². The molecule has 4 aromatic rings. The van der Waals surface area contributed by atoms with Crippen LogP contribution in [-0.2, 0) is 16.0 Å². The molecule has 2 heterocycles. The third kappa shape index (κ3) is 3.64. The lowest BCUT2D eigenvalue weighted by molar-refractivity contribution is -0.136. The summed E-state index contributed by atoms with van der Waals surface area (Å²) in [5, 5.41) is 7.30. The Bertz CT molecular complexity index is 1290. The van der Waals surface area contributed by atoms with Gasteiger partial charge in [0.15, 0.2) is 0 Å². The number of benzene rings is 3. The summed E-state index contributed by atoms with van der Waals surface area (Å²) in [6.45, 7) is 0.345.